The van der Waals surface area contributed by atoms with E-state index in [1.54, 1.807) is 0 Å². The van der Waals surface area contributed by atoms with E-state index >= 15 is 0 Å². The van der Waals surface area contributed by atoms with Crippen LogP contribution in [0.1, 0.15) is 39.2 Å². The minimum absolute atomic E-state index is 0.115. The van der Waals surface area contributed by atoms with E-state index in [0.29, 0.717) is 19.3 Å². The average Bonchev–Trinajstić information content (AvgIpc) is 3.01. The van der Waals surface area contributed by atoms with Gasteiger partial charge in [0.2, 0.25) is 0 Å². The molecule has 1 unspecified atom stereocenters. The molecule has 104 valence electrons. The second-order valence-electron chi connectivity index (χ2n) is 5.80. The summed E-state index contributed by atoms with van der Waals surface area (Å²) >= 11 is 0. The number of epoxide rings is 1. The minimum atomic E-state index is 0.115. The van der Waals surface area contributed by atoms with Gasteiger partial charge < -0.3 is 9.47 Å². The molecule has 1 aliphatic rings. The average molecular weight is 260 g/mol. The molecule has 1 atom stereocenters. The Bertz CT molecular complexity index is 420. The Morgan fingerprint density at radius 2 is 2.00 bits per heavy atom. The van der Waals surface area contributed by atoms with Gasteiger partial charge in [0.25, 0.3) is 0 Å². The lowest BCUT2D eigenvalue weighted by atomic mass is 10.0. The molecule has 1 heterocycles. The van der Waals surface area contributed by atoms with Crippen molar-refractivity contribution in [3.8, 4) is 0 Å². The van der Waals surface area contributed by atoms with Crippen molar-refractivity contribution in [2.24, 2.45) is 0 Å². The molecule has 0 radical (unpaired) electrons. The quantitative estimate of drug-likeness (QED) is 0.418. The minimum Gasteiger partial charge on any atom is -0.373 e. The second-order valence-corrected chi connectivity index (χ2v) is 5.80. The smallest absolute Gasteiger partial charge is 0.0892 e. The van der Waals surface area contributed by atoms with Gasteiger partial charge in [0, 0.05) is 0 Å². The van der Waals surface area contributed by atoms with E-state index in [1.807, 2.05) is 18.2 Å². The van der Waals surface area contributed by atoms with Gasteiger partial charge in [-0.15, -0.1) is 0 Å². The van der Waals surface area contributed by atoms with Crippen molar-refractivity contribution >= 4 is 0 Å². The molecule has 0 amide bonds. The van der Waals surface area contributed by atoms with Crippen molar-refractivity contribution in [2.75, 3.05) is 6.61 Å². The number of allylic oxidation sites excluding steroid dienone is 1. The molecule has 0 saturated carbocycles. The van der Waals surface area contributed by atoms with Gasteiger partial charge in [0.15, 0.2) is 0 Å². The monoisotopic (exact) mass is 260 g/mol. The zero-order valence-corrected chi connectivity index (χ0v) is 12.2. The molecule has 19 heavy (non-hydrogen) atoms. The lowest BCUT2D eigenvalue weighted by Gasteiger charge is -2.03. The van der Waals surface area contributed by atoms with Crippen LogP contribution in [0.2, 0.25) is 0 Å². The van der Waals surface area contributed by atoms with Crippen molar-refractivity contribution in [3.63, 3.8) is 0 Å². The zero-order valence-electron chi connectivity index (χ0n) is 12.2. The van der Waals surface area contributed by atoms with E-state index in [-0.39, 0.29) is 5.60 Å². The third-order valence-electron chi connectivity index (χ3n) is 3.63. The standard InChI is InChI=1S/C17H24O2/c1-14(9-10-16-17(2,3)19-16)11-12-18-13-15-7-5-4-6-8-15/h4-8,11,16H,9-10,12-13H2,1-3H3/b14-11+. The molecule has 0 spiro atoms. The van der Waals surface area contributed by atoms with E-state index in [9.17, 15) is 0 Å². The van der Waals surface area contributed by atoms with Crippen LogP contribution in [0.15, 0.2) is 42.0 Å². The third-order valence-corrected chi connectivity index (χ3v) is 3.63. The summed E-state index contributed by atoms with van der Waals surface area (Å²) in [7, 11) is 0. The van der Waals surface area contributed by atoms with Crippen LogP contribution >= 0.6 is 0 Å². The first kappa shape index (κ1) is 14.3. The number of ether oxygens (including phenoxy) is 2. The Morgan fingerprint density at radius 1 is 1.32 bits per heavy atom. The fourth-order valence-corrected chi connectivity index (χ4v) is 2.15. The Kier molecular flexibility index (Phi) is 4.78. The van der Waals surface area contributed by atoms with Crippen molar-refractivity contribution in [2.45, 2.75) is 51.9 Å². The van der Waals surface area contributed by atoms with E-state index in [4.69, 9.17) is 9.47 Å². The first-order chi connectivity index (χ1) is 9.08. The lowest BCUT2D eigenvalue weighted by Crippen LogP contribution is -2.02. The van der Waals surface area contributed by atoms with Gasteiger partial charge in [0.1, 0.15) is 0 Å². The van der Waals surface area contributed by atoms with Crippen molar-refractivity contribution in [1.82, 2.24) is 0 Å². The van der Waals surface area contributed by atoms with Crippen LogP contribution < -0.4 is 0 Å². The van der Waals surface area contributed by atoms with Gasteiger partial charge in [-0.25, -0.2) is 0 Å². The predicted molar refractivity (Wildman–Crippen MR) is 78.0 cm³/mol. The molecular formula is C17H24O2. The topological polar surface area (TPSA) is 21.8 Å². The summed E-state index contributed by atoms with van der Waals surface area (Å²) < 4.78 is 11.2. The van der Waals surface area contributed by atoms with Crippen LogP contribution in [0.3, 0.4) is 0 Å². The van der Waals surface area contributed by atoms with Crippen molar-refractivity contribution in [1.29, 1.82) is 0 Å². The second kappa shape index (κ2) is 6.36. The molecule has 2 nitrogen and oxygen atoms in total. The summed E-state index contributed by atoms with van der Waals surface area (Å²) in [5, 5.41) is 0. The van der Waals surface area contributed by atoms with Gasteiger partial charge in [-0.3, -0.25) is 0 Å². The van der Waals surface area contributed by atoms with E-state index in [2.05, 4.69) is 39.0 Å². The maximum absolute atomic E-state index is 5.65. The summed E-state index contributed by atoms with van der Waals surface area (Å²) in [6.45, 7) is 7.85. The lowest BCUT2D eigenvalue weighted by molar-refractivity contribution is 0.148. The van der Waals surface area contributed by atoms with Gasteiger partial charge >= 0.3 is 0 Å². The van der Waals surface area contributed by atoms with Crippen LogP contribution in [-0.2, 0) is 16.1 Å². The summed E-state index contributed by atoms with van der Waals surface area (Å²) in [4.78, 5) is 0. The molecule has 0 aliphatic carbocycles. The summed E-state index contributed by atoms with van der Waals surface area (Å²) in [6.07, 6.45) is 4.84. The molecule has 1 aromatic carbocycles. The summed E-state index contributed by atoms with van der Waals surface area (Å²) in [5.41, 5.74) is 2.73. The molecule has 1 aromatic rings. The Balaban J connectivity index is 1.60. The van der Waals surface area contributed by atoms with Crippen LogP contribution in [0.4, 0.5) is 0 Å². The van der Waals surface area contributed by atoms with Crippen molar-refractivity contribution < 1.29 is 9.47 Å². The Labute approximate surface area is 116 Å². The van der Waals surface area contributed by atoms with E-state index in [1.165, 1.54) is 11.1 Å². The highest BCUT2D eigenvalue weighted by atomic mass is 16.6. The number of hydrogen-bond acceptors (Lipinski definition) is 2. The highest BCUT2D eigenvalue weighted by Crippen LogP contribution is 2.38. The van der Waals surface area contributed by atoms with E-state index in [0.717, 1.165) is 12.8 Å². The van der Waals surface area contributed by atoms with Crippen LogP contribution in [-0.4, -0.2) is 18.3 Å². The van der Waals surface area contributed by atoms with Gasteiger partial charge in [0.05, 0.1) is 24.9 Å². The maximum atomic E-state index is 5.65. The van der Waals surface area contributed by atoms with Gasteiger partial charge in [-0.2, -0.15) is 0 Å². The first-order valence-electron chi connectivity index (χ1n) is 7.03. The predicted octanol–water partition coefficient (Wildman–Crippen LogP) is 4.11. The molecule has 0 N–H and O–H groups in total. The van der Waals surface area contributed by atoms with Gasteiger partial charge in [-0.1, -0.05) is 42.0 Å². The highest BCUT2D eigenvalue weighted by molar-refractivity contribution is 5.13. The number of rotatable bonds is 7. The molecule has 1 saturated heterocycles. The first-order valence-corrected chi connectivity index (χ1v) is 7.03. The molecule has 1 fully saturated rings. The molecule has 0 aromatic heterocycles. The Hall–Kier alpha value is -1.12. The molecular weight excluding hydrogens is 236 g/mol. The van der Waals surface area contributed by atoms with Crippen LogP contribution in [0.25, 0.3) is 0 Å². The number of benzene rings is 1. The SMILES string of the molecule is C/C(=C\COCc1ccccc1)CCC1OC1(C)C. The maximum Gasteiger partial charge on any atom is 0.0892 e. The van der Waals surface area contributed by atoms with Crippen LogP contribution in [0.5, 0.6) is 0 Å². The van der Waals surface area contributed by atoms with Gasteiger partial charge in [-0.05, 0) is 39.2 Å². The summed E-state index contributed by atoms with van der Waals surface area (Å²) in [6, 6.07) is 10.3. The van der Waals surface area contributed by atoms with Crippen LogP contribution in [0, 0.1) is 0 Å². The fraction of sp³-hybridized carbons (Fsp3) is 0.529. The molecule has 0 bridgehead atoms. The number of hydrogen-bond donors (Lipinski definition) is 0. The molecule has 1 aliphatic heterocycles. The fourth-order valence-electron chi connectivity index (χ4n) is 2.15. The normalized spacial score (nSPS) is 21.4. The highest BCUT2D eigenvalue weighted by Gasteiger charge is 2.46. The Morgan fingerprint density at radius 3 is 2.63 bits per heavy atom. The molecule has 2 rings (SSSR count). The largest absolute Gasteiger partial charge is 0.373 e. The zero-order chi connectivity index (χ0) is 13.7. The molecule has 2 heteroatoms. The van der Waals surface area contributed by atoms with Crippen molar-refractivity contribution in [3.05, 3.63) is 47.5 Å². The summed E-state index contributed by atoms with van der Waals surface area (Å²) in [5.74, 6) is 0. The van der Waals surface area contributed by atoms with E-state index < -0.39 is 0 Å². The third kappa shape index (κ3) is 4.81.